The second-order valence-electron chi connectivity index (χ2n) is 8.45. The van der Waals surface area contributed by atoms with Crippen LogP contribution in [0.1, 0.15) is 42.0 Å². The number of carbonyl (C=O) groups is 2. The maximum absolute atomic E-state index is 13.3. The van der Waals surface area contributed by atoms with Gasteiger partial charge in [-0.1, -0.05) is 50.2 Å². The average molecular weight is 560 g/mol. The summed E-state index contributed by atoms with van der Waals surface area (Å²) in [5.74, 6) is -0.128. The molecule has 3 aromatic carbocycles. The molecule has 1 N–H and O–H groups in total. The highest BCUT2D eigenvalue weighted by atomic mass is 79.9. The Morgan fingerprint density at radius 3 is 2.50 bits per heavy atom. The van der Waals surface area contributed by atoms with E-state index in [1.165, 1.54) is 11.0 Å². The van der Waals surface area contributed by atoms with Crippen LogP contribution in [0.2, 0.25) is 0 Å². The lowest BCUT2D eigenvalue weighted by molar-refractivity contribution is -0.122. The Hall–Kier alpha value is -3.80. The molecule has 0 bridgehead atoms. The number of nitrogens with one attached hydrogen (secondary N) is 1. The second-order valence-corrected chi connectivity index (χ2v) is 9.69. The Morgan fingerprint density at radius 2 is 1.83 bits per heavy atom. The highest BCUT2D eigenvalue weighted by Crippen LogP contribution is 2.29. The summed E-state index contributed by atoms with van der Waals surface area (Å²) in [4.78, 5) is 27.2. The van der Waals surface area contributed by atoms with E-state index >= 15 is 0 Å². The highest BCUT2D eigenvalue weighted by molar-refractivity contribution is 9.10. The first-order valence-electron chi connectivity index (χ1n) is 11.2. The highest BCUT2D eigenvalue weighted by Gasteiger charge is 2.34. The van der Waals surface area contributed by atoms with Crippen LogP contribution in [0, 0.1) is 11.3 Å². The zero-order valence-electron chi connectivity index (χ0n) is 19.6. The van der Waals surface area contributed by atoms with E-state index in [9.17, 15) is 14.9 Å². The lowest BCUT2D eigenvalue weighted by Gasteiger charge is -2.29. The third-order valence-electron chi connectivity index (χ3n) is 5.71. The quantitative estimate of drug-likeness (QED) is 0.232. The minimum atomic E-state index is -0.551. The van der Waals surface area contributed by atoms with Gasteiger partial charge >= 0.3 is 0 Å². The monoisotopic (exact) mass is 559 g/mol. The SMILES string of the molecule is CC(C)c1ccc(N2C(=O)C(=Cc3ccc(OCc4ccccc4C#N)c(Br)c3)C(=O)NC2=S)cc1. The first kappa shape index (κ1) is 25.3. The fraction of sp³-hybridized carbons (Fsp3) is 0.143. The predicted octanol–water partition coefficient (Wildman–Crippen LogP) is 5.85. The summed E-state index contributed by atoms with van der Waals surface area (Å²) in [5.41, 5.74) is 3.66. The van der Waals surface area contributed by atoms with E-state index in [1.807, 2.05) is 36.4 Å². The van der Waals surface area contributed by atoms with E-state index in [2.05, 4.69) is 41.2 Å². The molecule has 0 aromatic heterocycles. The third kappa shape index (κ3) is 5.38. The van der Waals surface area contributed by atoms with Crippen LogP contribution in [-0.2, 0) is 16.2 Å². The summed E-state index contributed by atoms with van der Waals surface area (Å²) in [6.45, 7) is 4.41. The number of hydrogen-bond donors (Lipinski definition) is 1. The number of benzene rings is 3. The van der Waals surface area contributed by atoms with Gasteiger partial charge in [-0.25, -0.2) is 0 Å². The Balaban J connectivity index is 1.56. The number of anilines is 1. The van der Waals surface area contributed by atoms with Crippen molar-refractivity contribution in [2.45, 2.75) is 26.4 Å². The van der Waals surface area contributed by atoms with Crippen molar-refractivity contribution in [3.05, 3.63) is 99.0 Å². The molecule has 0 saturated carbocycles. The topological polar surface area (TPSA) is 82.4 Å². The van der Waals surface area contributed by atoms with E-state index < -0.39 is 11.8 Å². The van der Waals surface area contributed by atoms with Crippen LogP contribution >= 0.6 is 28.1 Å². The zero-order chi connectivity index (χ0) is 25.8. The van der Waals surface area contributed by atoms with Crippen LogP contribution in [0.4, 0.5) is 5.69 Å². The second kappa shape index (κ2) is 10.9. The smallest absolute Gasteiger partial charge is 0.270 e. The van der Waals surface area contributed by atoms with Gasteiger partial charge < -0.3 is 4.74 Å². The molecule has 8 heteroatoms. The first-order valence-corrected chi connectivity index (χ1v) is 12.4. The minimum Gasteiger partial charge on any atom is -0.488 e. The molecule has 1 saturated heterocycles. The molecule has 0 spiro atoms. The summed E-state index contributed by atoms with van der Waals surface area (Å²) in [6.07, 6.45) is 1.52. The van der Waals surface area contributed by atoms with Gasteiger partial charge in [0, 0.05) is 5.56 Å². The summed E-state index contributed by atoms with van der Waals surface area (Å²) >= 11 is 8.78. The van der Waals surface area contributed by atoms with Gasteiger partial charge in [0.05, 0.1) is 21.8 Å². The molecule has 1 fully saturated rings. The number of rotatable bonds is 6. The largest absolute Gasteiger partial charge is 0.488 e. The van der Waals surface area contributed by atoms with Gasteiger partial charge in [-0.2, -0.15) is 5.26 Å². The number of hydrogen-bond acceptors (Lipinski definition) is 5. The molecule has 2 amide bonds. The Morgan fingerprint density at radius 1 is 1.11 bits per heavy atom. The molecule has 180 valence electrons. The Kier molecular flexibility index (Phi) is 7.63. The van der Waals surface area contributed by atoms with E-state index in [1.54, 1.807) is 30.3 Å². The summed E-state index contributed by atoms with van der Waals surface area (Å²) in [7, 11) is 0. The summed E-state index contributed by atoms with van der Waals surface area (Å²) in [5, 5.41) is 11.9. The number of amides is 2. The van der Waals surface area contributed by atoms with Gasteiger partial charge in [0.25, 0.3) is 11.8 Å². The van der Waals surface area contributed by atoms with Crippen LogP contribution in [0.3, 0.4) is 0 Å². The molecular weight excluding hydrogens is 538 g/mol. The van der Waals surface area contributed by atoms with Gasteiger partial charge in [0.2, 0.25) is 0 Å². The fourth-order valence-electron chi connectivity index (χ4n) is 3.70. The van der Waals surface area contributed by atoms with Gasteiger partial charge in [-0.3, -0.25) is 19.8 Å². The minimum absolute atomic E-state index is 0.0277. The molecule has 1 aliphatic rings. The van der Waals surface area contributed by atoms with Crippen molar-refractivity contribution in [1.82, 2.24) is 5.32 Å². The first-order chi connectivity index (χ1) is 17.3. The predicted molar refractivity (Wildman–Crippen MR) is 146 cm³/mol. The number of nitrogens with zero attached hydrogens (tertiary/aromatic N) is 2. The standard InChI is InChI=1S/C28H22BrN3O3S/c1-17(2)19-8-10-22(11-9-19)32-27(34)23(26(33)31-28(32)36)13-18-7-12-25(24(29)14-18)35-16-21-6-4-3-5-20(21)15-30/h3-14,17H,16H2,1-2H3,(H,31,33,36). The molecule has 36 heavy (non-hydrogen) atoms. The number of ether oxygens (including phenoxy) is 1. The van der Waals surface area contributed by atoms with Crippen molar-refractivity contribution in [1.29, 1.82) is 5.26 Å². The molecule has 6 nitrogen and oxygen atoms in total. The molecule has 0 aliphatic carbocycles. The average Bonchev–Trinajstić information content (AvgIpc) is 2.86. The van der Waals surface area contributed by atoms with Gasteiger partial charge in [-0.15, -0.1) is 0 Å². The third-order valence-corrected chi connectivity index (χ3v) is 6.61. The molecule has 0 unspecified atom stereocenters. The summed E-state index contributed by atoms with van der Waals surface area (Å²) in [6, 6.07) is 22.2. The molecule has 3 aromatic rings. The lowest BCUT2D eigenvalue weighted by Crippen LogP contribution is -2.54. The molecule has 4 rings (SSSR count). The molecule has 1 aliphatic heterocycles. The van der Waals surface area contributed by atoms with Crippen LogP contribution < -0.4 is 15.0 Å². The van der Waals surface area contributed by atoms with Gasteiger partial charge in [-0.05, 0) is 81.6 Å². The van der Waals surface area contributed by atoms with Crippen molar-refractivity contribution in [3.63, 3.8) is 0 Å². The van der Waals surface area contributed by atoms with Crippen molar-refractivity contribution < 1.29 is 14.3 Å². The normalized spacial score (nSPS) is 14.7. The number of nitriles is 1. The Bertz CT molecular complexity index is 1420. The maximum atomic E-state index is 13.3. The number of thiocarbonyl (C=S) groups is 1. The van der Waals surface area contributed by atoms with Gasteiger partial charge in [0.1, 0.15) is 17.9 Å². The maximum Gasteiger partial charge on any atom is 0.270 e. The molecule has 1 heterocycles. The Labute approximate surface area is 223 Å². The zero-order valence-corrected chi connectivity index (χ0v) is 22.0. The van der Waals surface area contributed by atoms with E-state index in [-0.39, 0.29) is 17.3 Å². The summed E-state index contributed by atoms with van der Waals surface area (Å²) < 4.78 is 6.52. The lowest BCUT2D eigenvalue weighted by atomic mass is 10.0. The van der Waals surface area contributed by atoms with Crippen molar-refractivity contribution in [3.8, 4) is 11.8 Å². The fourth-order valence-corrected chi connectivity index (χ4v) is 4.49. The number of carbonyl (C=O) groups excluding carboxylic acids is 2. The van der Waals surface area contributed by atoms with Crippen LogP contribution in [0.25, 0.3) is 6.08 Å². The molecular formula is C28H22BrN3O3S. The van der Waals surface area contributed by atoms with E-state index in [0.29, 0.717) is 33.0 Å². The van der Waals surface area contributed by atoms with Crippen molar-refractivity contribution in [2.24, 2.45) is 0 Å². The molecule has 0 radical (unpaired) electrons. The number of halogens is 1. The van der Waals surface area contributed by atoms with E-state index in [0.717, 1.165) is 11.1 Å². The van der Waals surface area contributed by atoms with Crippen LogP contribution in [0.15, 0.2) is 76.8 Å². The molecule has 0 atom stereocenters. The van der Waals surface area contributed by atoms with Crippen molar-refractivity contribution >= 4 is 56.8 Å². The van der Waals surface area contributed by atoms with Gasteiger partial charge in [0.15, 0.2) is 5.11 Å². The van der Waals surface area contributed by atoms with Crippen LogP contribution in [-0.4, -0.2) is 16.9 Å². The van der Waals surface area contributed by atoms with Crippen LogP contribution in [0.5, 0.6) is 5.75 Å². The van der Waals surface area contributed by atoms with E-state index in [4.69, 9.17) is 17.0 Å². The van der Waals surface area contributed by atoms with Crippen molar-refractivity contribution in [2.75, 3.05) is 4.90 Å².